The highest BCUT2D eigenvalue weighted by molar-refractivity contribution is 7.92. The minimum atomic E-state index is -4.03. The van der Waals surface area contributed by atoms with Crippen LogP contribution < -0.4 is 14.4 Å². The van der Waals surface area contributed by atoms with Crippen molar-refractivity contribution >= 4 is 33.1 Å². The second-order valence-corrected chi connectivity index (χ2v) is 8.57. The van der Waals surface area contributed by atoms with E-state index in [0.29, 0.717) is 17.0 Å². The summed E-state index contributed by atoms with van der Waals surface area (Å²) in [4.78, 5) is 24.4. The molecule has 0 aliphatic rings. The van der Waals surface area contributed by atoms with Gasteiger partial charge in [0.05, 0.1) is 17.7 Å². The third-order valence-electron chi connectivity index (χ3n) is 4.51. The molecule has 0 saturated carbocycles. The van der Waals surface area contributed by atoms with Crippen LogP contribution in [-0.2, 0) is 14.8 Å². The van der Waals surface area contributed by atoms with Gasteiger partial charge in [0.1, 0.15) is 12.3 Å². The highest BCUT2D eigenvalue weighted by Crippen LogP contribution is 2.27. The zero-order chi connectivity index (χ0) is 22.4. The summed E-state index contributed by atoms with van der Waals surface area (Å²) >= 11 is 0. The largest absolute Gasteiger partial charge is 0.497 e. The minimum absolute atomic E-state index is 0.0594. The van der Waals surface area contributed by atoms with Crippen molar-refractivity contribution in [3.8, 4) is 5.75 Å². The van der Waals surface area contributed by atoms with E-state index in [1.165, 1.54) is 26.2 Å². The molecule has 3 rings (SSSR count). The Bertz CT molecular complexity index is 1190. The van der Waals surface area contributed by atoms with Gasteiger partial charge >= 0.3 is 0 Å². The third kappa shape index (κ3) is 5.29. The fraction of sp³-hybridized carbons (Fsp3) is 0.130. The van der Waals surface area contributed by atoms with Crippen LogP contribution in [0.15, 0.2) is 83.8 Å². The maximum absolute atomic E-state index is 13.3. The molecule has 7 nitrogen and oxygen atoms in total. The number of rotatable bonds is 8. The highest BCUT2D eigenvalue weighted by Gasteiger charge is 2.27. The molecule has 3 aromatic carbocycles. The number of sulfonamides is 1. The number of nitrogens with one attached hydrogen (secondary N) is 1. The van der Waals surface area contributed by atoms with Gasteiger partial charge in [-0.05, 0) is 43.3 Å². The Kier molecular flexibility index (Phi) is 6.71. The molecule has 0 aliphatic heterocycles. The quantitative estimate of drug-likeness (QED) is 0.541. The second-order valence-electron chi connectivity index (χ2n) is 6.71. The first-order valence-corrected chi connectivity index (χ1v) is 10.9. The first kappa shape index (κ1) is 22.0. The number of methoxy groups -OCH3 is 1. The van der Waals surface area contributed by atoms with E-state index < -0.39 is 22.5 Å². The Labute approximate surface area is 181 Å². The third-order valence-corrected chi connectivity index (χ3v) is 6.30. The predicted octanol–water partition coefficient (Wildman–Crippen LogP) is 3.73. The molecule has 8 heteroatoms. The van der Waals surface area contributed by atoms with E-state index >= 15 is 0 Å². The lowest BCUT2D eigenvalue weighted by molar-refractivity contribution is -0.114. The second kappa shape index (κ2) is 9.44. The van der Waals surface area contributed by atoms with Crippen LogP contribution in [0.2, 0.25) is 0 Å². The van der Waals surface area contributed by atoms with Crippen LogP contribution >= 0.6 is 0 Å². The number of ketones is 1. The van der Waals surface area contributed by atoms with Gasteiger partial charge in [-0.3, -0.25) is 13.9 Å². The molecule has 1 N–H and O–H groups in total. The molecule has 0 aromatic heterocycles. The lowest BCUT2D eigenvalue weighted by Crippen LogP contribution is -2.38. The normalized spacial score (nSPS) is 10.9. The molecule has 1 amide bonds. The first-order chi connectivity index (χ1) is 14.8. The molecule has 0 saturated heterocycles. The van der Waals surface area contributed by atoms with Crippen LogP contribution in [0.5, 0.6) is 5.75 Å². The number of nitrogens with zero attached hydrogens (tertiary/aromatic N) is 1. The van der Waals surface area contributed by atoms with Gasteiger partial charge < -0.3 is 10.1 Å². The summed E-state index contributed by atoms with van der Waals surface area (Å²) in [7, 11) is -2.55. The van der Waals surface area contributed by atoms with Gasteiger partial charge in [-0.1, -0.05) is 36.4 Å². The smallest absolute Gasteiger partial charge is 0.264 e. The molecule has 0 aliphatic carbocycles. The van der Waals surface area contributed by atoms with Gasteiger partial charge in [-0.25, -0.2) is 8.42 Å². The zero-order valence-electron chi connectivity index (χ0n) is 17.1. The molecule has 0 spiro atoms. The van der Waals surface area contributed by atoms with E-state index in [1.54, 1.807) is 66.7 Å². The van der Waals surface area contributed by atoms with E-state index in [-0.39, 0.29) is 16.4 Å². The van der Waals surface area contributed by atoms with Gasteiger partial charge in [-0.15, -0.1) is 0 Å². The molecule has 0 heterocycles. The molecule has 0 bridgehead atoms. The Morgan fingerprint density at radius 3 is 2.32 bits per heavy atom. The van der Waals surface area contributed by atoms with Crippen molar-refractivity contribution in [2.75, 3.05) is 23.3 Å². The van der Waals surface area contributed by atoms with E-state index in [1.807, 2.05) is 0 Å². The molecular formula is C23H22N2O5S. The first-order valence-electron chi connectivity index (χ1n) is 9.44. The Morgan fingerprint density at radius 1 is 0.935 bits per heavy atom. The lowest BCUT2D eigenvalue weighted by atomic mass is 10.1. The van der Waals surface area contributed by atoms with Gasteiger partial charge in [0.15, 0.2) is 5.78 Å². The van der Waals surface area contributed by atoms with Crippen molar-refractivity contribution in [3.05, 3.63) is 84.4 Å². The minimum Gasteiger partial charge on any atom is -0.497 e. The molecular weight excluding hydrogens is 416 g/mol. The predicted molar refractivity (Wildman–Crippen MR) is 119 cm³/mol. The van der Waals surface area contributed by atoms with Gasteiger partial charge in [0.25, 0.3) is 10.0 Å². The summed E-state index contributed by atoms with van der Waals surface area (Å²) in [5.74, 6) is -0.232. The van der Waals surface area contributed by atoms with Crippen LogP contribution in [-0.4, -0.2) is 33.8 Å². The SMILES string of the molecule is COc1cccc(N(CC(=O)Nc2cccc(C(C)=O)c2)S(=O)(=O)c2ccccc2)c1. The van der Waals surface area contributed by atoms with Gasteiger partial charge in [-0.2, -0.15) is 0 Å². The van der Waals surface area contributed by atoms with E-state index in [0.717, 1.165) is 4.31 Å². The number of ether oxygens (including phenoxy) is 1. The van der Waals surface area contributed by atoms with Crippen molar-refractivity contribution in [2.45, 2.75) is 11.8 Å². The van der Waals surface area contributed by atoms with Gasteiger partial charge in [0, 0.05) is 17.3 Å². The fourth-order valence-electron chi connectivity index (χ4n) is 2.95. The summed E-state index contributed by atoms with van der Waals surface area (Å²) in [5.41, 5.74) is 1.13. The monoisotopic (exact) mass is 438 g/mol. The van der Waals surface area contributed by atoms with E-state index in [4.69, 9.17) is 4.74 Å². The molecule has 0 atom stereocenters. The average molecular weight is 439 g/mol. The molecule has 0 radical (unpaired) electrons. The summed E-state index contributed by atoms with van der Waals surface area (Å²) in [6.07, 6.45) is 0. The van der Waals surface area contributed by atoms with Crippen LogP contribution in [0.4, 0.5) is 11.4 Å². The highest BCUT2D eigenvalue weighted by atomic mass is 32.2. The van der Waals surface area contributed by atoms with Crippen molar-refractivity contribution in [1.82, 2.24) is 0 Å². The maximum Gasteiger partial charge on any atom is 0.264 e. The van der Waals surface area contributed by atoms with Crippen LogP contribution in [0, 0.1) is 0 Å². The van der Waals surface area contributed by atoms with Crippen molar-refractivity contribution in [3.63, 3.8) is 0 Å². The molecule has 31 heavy (non-hydrogen) atoms. The van der Waals surface area contributed by atoms with E-state index in [2.05, 4.69) is 5.32 Å². The summed E-state index contributed by atoms with van der Waals surface area (Å²) < 4.78 is 32.9. The lowest BCUT2D eigenvalue weighted by Gasteiger charge is -2.24. The number of Topliss-reactive ketones (excluding diaryl/α,β-unsaturated/α-hetero) is 1. The van der Waals surface area contributed by atoms with Crippen LogP contribution in [0.25, 0.3) is 0 Å². The molecule has 0 unspecified atom stereocenters. The summed E-state index contributed by atoms with van der Waals surface area (Å²) in [5, 5.41) is 2.66. The number of hydrogen-bond acceptors (Lipinski definition) is 5. The summed E-state index contributed by atoms with van der Waals surface area (Å²) in [6, 6.07) is 20.8. The molecule has 160 valence electrons. The van der Waals surface area contributed by atoms with Crippen LogP contribution in [0.3, 0.4) is 0 Å². The Hall–Kier alpha value is -3.65. The topological polar surface area (TPSA) is 92.8 Å². The standard InChI is InChI=1S/C23H22N2O5S/c1-17(26)18-8-6-9-19(14-18)24-23(27)16-25(20-10-7-11-21(15-20)30-2)31(28,29)22-12-4-3-5-13-22/h3-15H,16H2,1-2H3,(H,24,27). The number of carbonyl (C=O) groups is 2. The van der Waals surface area contributed by atoms with Gasteiger partial charge in [0.2, 0.25) is 5.91 Å². The molecule has 3 aromatic rings. The number of benzene rings is 3. The number of anilines is 2. The van der Waals surface area contributed by atoms with Crippen LogP contribution in [0.1, 0.15) is 17.3 Å². The number of carbonyl (C=O) groups excluding carboxylic acids is 2. The summed E-state index contributed by atoms with van der Waals surface area (Å²) in [6.45, 7) is 0.965. The van der Waals surface area contributed by atoms with Crippen molar-refractivity contribution < 1.29 is 22.7 Å². The Morgan fingerprint density at radius 2 is 1.65 bits per heavy atom. The zero-order valence-corrected chi connectivity index (χ0v) is 17.9. The Balaban J connectivity index is 1.94. The average Bonchev–Trinajstić information content (AvgIpc) is 2.78. The van der Waals surface area contributed by atoms with E-state index in [9.17, 15) is 18.0 Å². The van der Waals surface area contributed by atoms with Crippen molar-refractivity contribution in [1.29, 1.82) is 0 Å². The fourth-order valence-corrected chi connectivity index (χ4v) is 4.38. The number of amides is 1. The number of hydrogen-bond donors (Lipinski definition) is 1. The van der Waals surface area contributed by atoms with Crippen molar-refractivity contribution in [2.24, 2.45) is 0 Å². The molecule has 0 fully saturated rings. The maximum atomic E-state index is 13.3.